The van der Waals surface area contributed by atoms with Gasteiger partial charge in [-0.1, -0.05) is 144 Å². The molecule has 0 N–H and O–H groups in total. The molecule has 0 aromatic carbocycles. The van der Waals surface area contributed by atoms with Gasteiger partial charge in [0.2, 0.25) is 0 Å². The van der Waals surface area contributed by atoms with Gasteiger partial charge in [-0.2, -0.15) is 0 Å². The van der Waals surface area contributed by atoms with Crippen molar-refractivity contribution in [1.29, 1.82) is 0 Å². The zero-order chi connectivity index (χ0) is 42.8. The Morgan fingerprint density at radius 1 is 0.534 bits per heavy atom. The summed E-state index contributed by atoms with van der Waals surface area (Å²) in [7, 11) is 1.09. The average Bonchev–Trinajstić information content (AvgIpc) is 3.17. The normalized spacial score (nSPS) is 14.4. The molecule has 0 heterocycles. The average molecular weight is 832 g/mol. The van der Waals surface area contributed by atoms with Crippen molar-refractivity contribution in [3.05, 3.63) is 85.1 Å². The van der Waals surface area contributed by atoms with E-state index in [1.165, 1.54) is 64.2 Å². The van der Waals surface area contributed by atoms with E-state index < -0.39 is 32.5 Å². The van der Waals surface area contributed by atoms with Gasteiger partial charge >= 0.3 is 11.9 Å². The Balaban J connectivity index is 4.56. The van der Waals surface area contributed by atoms with E-state index in [0.717, 1.165) is 51.4 Å². The number of likely N-dealkylation sites (N-methyl/N-ethyl adjacent to an activating group) is 1. The molecule has 0 rings (SSSR count). The number of unbranched alkanes of at least 4 members (excludes halogenated alkanes) is 11. The number of allylic oxidation sites excluding steroid dienone is 14. The molecule has 0 amide bonds. The number of carbonyl (C=O) groups excluding carboxylic acids is 2. The molecule has 0 aromatic rings. The van der Waals surface area contributed by atoms with E-state index in [9.17, 15) is 19.0 Å². The molecule has 1 unspecified atom stereocenters. The van der Waals surface area contributed by atoms with Crippen LogP contribution in [-0.2, 0) is 32.7 Å². The molecule has 2 atom stereocenters. The number of rotatable bonds is 39. The van der Waals surface area contributed by atoms with Crippen LogP contribution < -0.4 is 4.89 Å². The standard InChI is InChI=1S/C48H82NO8P/c1-6-8-10-12-14-16-18-20-22-23-24-25-27-29-31-33-35-37-39-41-48(51)57-46(45-56-58(52,53)55-43-42-49(3,4)5)44-54-47(50)40-38-36-34-32-30-28-26-21-19-17-15-13-11-9-7-2/h14,16,20-22,24-26,29-32,35,37,46H,6-13,15,17-19,23,27-28,33-34,36,38-45H2,1-5H3/b16-14+,22-20+,25-24+,26-21+,31-29+,32-30+,37-35+/t46-/m1/s1. The lowest BCUT2D eigenvalue weighted by Crippen LogP contribution is -2.37. The molecule has 0 aromatic heterocycles. The Kier molecular flexibility index (Phi) is 37.7. The van der Waals surface area contributed by atoms with Crippen LogP contribution in [0, 0.1) is 0 Å². The molecule has 332 valence electrons. The summed E-state index contributed by atoms with van der Waals surface area (Å²) in [4.78, 5) is 37.5. The third-order valence-corrected chi connectivity index (χ3v) is 9.87. The summed E-state index contributed by atoms with van der Waals surface area (Å²) < 4.78 is 33.7. The van der Waals surface area contributed by atoms with E-state index in [1.54, 1.807) is 0 Å². The van der Waals surface area contributed by atoms with E-state index in [2.05, 4.69) is 86.8 Å². The number of nitrogens with zero attached hydrogens (tertiary/aromatic N) is 1. The fourth-order valence-electron chi connectivity index (χ4n) is 5.37. The fourth-order valence-corrected chi connectivity index (χ4v) is 6.10. The van der Waals surface area contributed by atoms with Crippen molar-refractivity contribution in [2.24, 2.45) is 0 Å². The van der Waals surface area contributed by atoms with Crippen molar-refractivity contribution in [1.82, 2.24) is 0 Å². The predicted molar refractivity (Wildman–Crippen MR) is 240 cm³/mol. The summed E-state index contributed by atoms with van der Waals surface area (Å²) in [6.45, 7) is 4.04. The molecular weight excluding hydrogens is 750 g/mol. The van der Waals surface area contributed by atoms with Crippen LogP contribution in [0.15, 0.2) is 85.1 Å². The van der Waals surface area contributed by atoms with Crippen LogP contribution >= 0.6 is 7.82 Å². The van der Waals surface area contributed by atoms with Gasteiger partial charge in [0.05, 0.1) is 27.7 Å². The number of quaternary nitrogens is 1. The van der Waals surface area contributed by atoms with Crippen molar-refractivity contribution in [2.75, 3.05) is 47.5 Å². The fraction of sp³-hybridized carbons (Fsp3) is 0.667. The Morgan fingerprint density at radius 3 is 1.48 bits per heavy atom. The highest BCUT2D eigenvalue weighted by atomic mass is 31.2. The van der Waals surface area contributed by atoms with Gasteiger partial charge < -0.3 is 27.9 Å². The lowest BCUT2D eigenvalue weighted by atomic mass is 10.1. The second-order valence-corrected chi connectivity index (χ2v) is 17.1. The molecular formula is C48H82NO8P. The molecule has 0 radical (unpaired) electrons. The minimum Gasteiger partial charge on any atom is -0.756 e. The van der Waals surface area contributed by atoms with Gasteiger partial charge in [0.15, 0.2) is 6.10 Å². The summed E-state index contributed by atoms with van der Waals surface area (Å²) in [5, 5.41) is 0. The van der Waals surface area contributed by atoms with E-state index in [1.807, 2.05) is 33.3 Å². The molecule has 0 aliphatic rings. The van der Waals surface area contributed by atoms with E-state index >= 15 is 0 Å². The van der Waals surface area contributed by atoms with Gasteiger partial charge in [-0.25, -0.2) is 0 Å². The van der Waals surface area contributed by atoms with E-state index in [4.69, 9.17) is 18.5 Å². The third kappa shape index (κ3) is 42.8. The highest BCUT2D eigenvalue weighted by Gasteiger charge is 2.21. The molecule has 0 saturated carbocycles. The number of phosphoric ester groups is 1. The van der Waals surface area contributed by atoms with Crippen LogP contribution in [0.1, 0.15) is 155 Å². The maximum atomic E-state index is 12.6. The topological polar surface area (TPSA) is 111 Å². The molecule has 0 fully saturated rings. The highest BCUT2D eigenvalue weighted by molar-refractivity contribution is 7.45. The molecule has 9 nitrogen and oxygen atoms in total. The number of hydrogen-bond donors (Lipinski definition) is 0. The first-order valence-corrected chi connectivity index (χ1v) is 23.8. The number of esters is 2. The predicted octanol–water partition coefficient (Wildman–Crippen LogP) is 12.2. The monoisotopic (exact) mass is 832 g/mol. The molecule has 0 aliphatic carbocycles. The Labute approximate surface area is 354 Å². The van der Waals surface area contributed by atoms with Gasteiger partial charge in [0, 0.05) is 12.8 Å². The van der Waals surface area contributed by atoms with Crippen LogP contribution in [0.3, 0.4) is 0 Å². The van der Waals surface area contributed by atoms with Crippen LogP contribution in [0.2, 0.25) is 0 Å². The molecule has 58 heavy (non-hydrogen) atoms. The van der Waals surface area contributed by atoms with E-state index in [-0.39, 0.29) is 26.1 Å². The van der Waals surface area contributed by atoms with Crippen molar-refractivity contribution < 1.29 is 42.1 Å². The molecule has 0 bridgehead atoms. The molecule has 0 saturated heterocycles. The number of carbonyl (C=O) groups is 2. The summed E-state index contributed by atoms with van der Waals surface area (Å²) in [6, 6.07) is 0. The summed E-state index contributed by atoms with van der Waals surface area (Å²) in [5.41, 5.74) is 0. The second kappa shape index (κ2) is 39.6. The lowest BCUT2D eigenvalue weighted by molar-refractivity contribution is -0.870. The lowest BCUT2D eigenvalue weighted by Gasteiger charge is -2.28. The minimum atomic E-state index is -4.66. The smallest absolute Gasteiger partial charge is 0.306 e. The van der Waals surface area contributed by atoms with Crippen LogP contribution in [0.5, 0.6) is 0 Å². The first-order valence-electron chi connectivity index (χ1n) is 22.3. The Morgan fingerprint density at radius 2 is 0.966 bits per heavy atom. The van der Waals surface area contributed by atoms with E-state index in [0.29, 0.717) is 23.9 Å². The number of ether oxygens (including phenoxy) is 2. The van der Waals surface area contributed by atoms with Crippen molar-refractivity contribution >= 4 is 19.8 Å². The first-order chi connectivity index (χ1) is 28.0. The van der Waals surface area contributed by atoms with Gasteiger partial charge in [0.25, 0.3) is 7.82 Å². The maximum absolute atomic E-state index is 12.6. The quantitative estimate of drug-likeness (QED) is 0.0198. The molecule has 0 aliphatic heterocycles. The summed E-state index contributed by atoms with van der Waals surface area (Å²) in [6.07, 6.45) is 50.6. The van der Waals surface area contributed by atoms with Gasteiger partial charge in [-0.15, -0.1) is 0 Å². The van der Waals surface area contributed by atoms with Gasteiger partial charge in [-0.05, 0) is 83.5 Å². The Hall–Kier alpha value is -2.81. The van der Waals surface area contributed by atoms with Crippen LogP contribution in [-0.4, -0.2) is 70.0 Å². The SMILES string of the molecule is CCCCC/C=C/C/C=C/C/C=C/C/C=C/C/C=C/CCC(=O)O[C@H](COC(=O)CCCC/C=C/C/C=C/CCCCCCCC)COP(=O)([O-])OCC[N+](C)(C)C. The third-order valence-electron chi connectivity index (χ3n) is 8.90. The zero-order valence-corrected chi connectivity index (χ0v) is 38.1. The highest BCUT2D eigenvalue weighted by Crippen LogP contribution is 2.38. The number of hydrogen-bond acceptors (Lipinski definition) is 8. The number of phosphoric acid groups is 1. The summed E-state index contributed by atoms with van der Waals surface area (Å²) >= 11 is 0. The Bertz CT molecular complexity index is 1260. The van der Waals surface area contributed by atoms with Crippen molar-refractivity contribution in [3.63, 3.8) is 0 Å². The summed E-state index contributed by atoms with van der Waals surface area (Å²) in [5.74, 6) is -0.977. The first kappa shape index (κ1) is 55.2. The van der Waals surface area contributed by atoms with Gasteiger partial charge in [0.1, 0.15) is 19.8 Å². The van der Waals surface area contributed by atoms with Crippen LogP contribution in [0.25, 0.3) is 0 Å². The zero-order valence-electron chi connectivity index (χ0n) is 37.2. The second-order valence-electron chi connectivity index (χ2n) is 15.7. The van der Waals surface area contributed by atoms with Gasteiger partial charge in [-0.3, -0.25) is 14.2 Å². The largest absolute Gasteiger partial charge is 0.756 e. The maximum Gasteiger partial charge on any atom is 0.306 e. The van der Waals surface area contributed by atoms with Crippen LogP contribution in [0.4, 0.5) is 0 Å². The van der Waals surface area contributed by atoms with Crippen molar-refractivity contribution in [3.8, 4) is 0 Å². The minimum absolute atomic E-state index is 0.0533. The molecule has 10 heteroatoms. The molecule has 0 spiro atoms. The van der Waals surface area contributed by atoms with Crippen molar-refractivity contribution in [2.45, 2.75) is 161 Å².